The molecule has 1 aromatic rings. The summed E-state index contributed by atoms with van der Waals surface area (Å²) in [7, 11) is 3.35. The highest BCUT2D eigenvalue weighted by atomic mass is 16.7. The van der Waals surface area contributed by atoms with E-state index in [1.807, 2.05) is 12.1 Å². The minimum atomic E-state index is -0.261. The summed E-state index contributed by atoms with van der Waals surface area (Å²) in [6, 6.07) is 8.40. The van der Waals surface area contributed by atoms with Gasteiger partial charge in [-0.1, -0.05) is 31.2 Å². The number of hydrogen-bond donors (Lipinski definition) is 1. The Morgan fingerprint density at radius 3 is 2.35 bits per heavy atom. The quantitative estimate of drug-likeness (QED) is 0.740. The van der Waals surface area contributed by atoms with Crippen LogP contribution < -0.4 is 5.32 Å². The second-order valence-electron chi connectivity index (χ2n) is 4.13. The molecule has 0 saturated heterocycles. The molecular weight excluding hydrogens is 214 g/mol. The van der Waals surface area contributed by atoms with Crippen LogP contribution in [-0.2, 0) is 9.47 Å². The van der Waals surface area contributed by atoms with Crippen LogP contribution in [0.15, 0.2) is 24.3 Å². The summed E-state index contributed by atoms with van der Waals surface area (Å²) in [4.78, 5) is 0. The summed E-state index contributed by atoms with van der Waals surface area (Å²) in [6.07, 6.45) is 0.824. The molecule has 0 aliphatic heterocycles. The minimum absolute atomic E-state index is 0.0751. The first-order chi connectivity index (χ1) is 8.24. The van der Waals surface area contributed by atoms with Gasteiger partial charge in [0.1, 0.15) is 0 Å². The predicted octanol–water partition coefficient (Wildman–Crippen LogP) is 2.65. The highest BCUT2D eigenvalue weighted by Gasteiger charge is 2.23. The van der Waals surface area contributed by atoms with E-state index < -0.39 is 0 Å². The molecule has 3 nitrogen and oxygen atoms in total. The largest absolute Gasteiger partial charge is 0.354 e. The van der Waals surface area contributed by atoms with Crippen molar-refractivity contribution in [3.8, 4) is 0 Å². The topological polar surface area (TPSA) is 30.5 Å². The van der Waals surface area contributed by atoms with Crippen LogP contribution in [0.1, 0.15) is 30.5 Å². The van der Waals surface area contributed by atoms with Crippen LogP contribution in [0.3, 0.4) is 0 Å². The number of ether oxygens (including phenoxy) is 2. The molecule has 0 saturated carbocycles. The van der Waals surface area contributed by atoms with E-state index in [2.05, 4.69) is 31.3 Å². The molecule has 0 aliphatic carbocycles. The van der Waals surface area contributed by atoms with Crippen molar-refractivity contribution < 1.29 is 9.47 Å². The Labute approximate surface area is 104 Å². The molecule has 1 aromatic carbocycles. The number of methoxy groups -OCH3 is 2. The normalized spacial score (nSPS) is 13.0. The minimum Gasteiger partial charge on any atom is -0.354 e. The van der Waals surface area contributed by atoms with Gasteiger partial charge in [0.2, 0.25) is 0 Å². The molecule has 0 amide bonds. The van der Waals surface area contributed by atoms with Gasteiger partial charge in [-0.2, -0.15) is 0 Å². The van der Waals surface area contributed by atoms with E-state index in [4.69, 9.17) is 9.47 Å². The molecule has 0 bridgehead atoms. The Hall–Kier alpha value is -0.900. The molecular formula is C14H23NO2. The fourth-order valence-corrected chi connectivity index (χ4v) is 1.96. The van der Waals surface area contributed by atoms with Crippen molar-refractivity contribution in [2.24, 2.45) is 0 Å². The van der Waals surface area contributed by atoms with Crippen LogP contribution in [0.4, 0.5) is 0 Å². The molecule has 3 heteroatoms. The van der Waals surface area contributed by atoms with Crippen LogP contribution >= 0.6 is 0 Å². The van der Waals surface area contributed by atoms with E-state index in [1.165, 1.54) is 11.1 Å². The first kappa shape index (κ1) is 14.2. The van der Waals surface area contributed by atoms with Gasteiger partial charge in [0.25, 0.3) is 0 Å². The number of rotatable bonds is 7. The van der Waals surface area contributed by atoms with E-state index >= 15 is 0 Å². The number of benzene rings is 1. The fraction of sp³-hybridized carbons (Fsp3) is 0.571. The van der Waals surface area contributed by atoms with Crippen molar-refractivity contribution in [2.75, 3.05) is 20.8 Å². The lowest BCUT2D eigenvalue weighted by atomic mass is 10.0. The monoisotopic (exact) mass is 237 g/mol. The third kappa shape index (κ3) is 3.80. The summed E-state index contributed by atoms with van der Waals surface area (Å²) in [5.74, 6) is 0. The first-order valence-corrected chi connectivity index (χ1v) is 6.09. The zero-order valence-corrected chi connectivity index (χ0v) is 11.2. The molecule has 17 heavy (non-hydrogen) atoms. The molecule has 0 radical (unpaired) electrons. The average Bonchev–Trinajstić information content (AvgIpc) is 2.36. The number of hydrogen-bond acceptors (Lipinski definition) is 3. The smallest absolute Gasteiger partial charge is 0.176 e. The molecule has 0 spiro atoms. The molecule has 1 unspecified atom stereocenters. The van der Waals surface area contributed by atoms with Gasteiger partial charge in [-0.25, -0.2) is 0 Å². The predicted molar refractivity (Wildman–Crippen MR) is 70.0 cm³/mol. The highest BCUT2D eigenvalue weighted by molar-refractivity contribution is 5.29. The second-order valence-corrected chi connectivity index (χ2v) is 4.13. The van der Waals surface area contributed by atoms with Crippen LogP contribution in [-0.4, -0.2) is 27.1 Å². The van der Waals surface area contributed by atoms with E-state index in [0.29, 0.717) is 0 Å². The molecule has 0 fully saturated rings. The van der Waals surface area contributed by atoms with Gasteiger partial charge in [-0.3, -0.25) is 0 Å². The van der Waals surface area contributed by atoms with Gasteiger partial charge >= 0.3 is 0 Å². The SMILES string of the molecule is CCCNC(c1ccccc1C)C(OC)OC. The van der Waals surface area contributed by atoms with Gasteiger partial charge in [0.15, 0.2) is 6.29 Å². The zero-order valence-electron chi connectivity index (χ0n) is 11.2. The molecule has 0 aromatic heterocycles. The maximum absolute atomic E-state index is 5.38. The van der Waals surface area contributed by atoms with E-state index in [0.717, 1.165) is 13.0 Å². The maximum atomic E-state index is 5.38. The Bertz CT molecular complexity index is 324. The van der Waals surface area contributed by atoms with E-state index in [-0.39, 0.29) is 12.3 Å². The van der Waals surface area contributed by atoms with Crippen molar-refractivity contribution in [1.82, 2.24) is 5.32 Å². The number of aryl methyl sites for hydroxylation is 1. The number of nitrogens with one attached hydrogen (secondary N) is 1. The van der Waals surface area contributed by atoms with E-state index in [1.54, 1.807) is 14.2 Å². The van der Waals surface area contributed by atoms with Crippen molar-refractivity contribution in [3.63, 3.8) is 0 Å². The lowest BCUT2D eigenvalue weighted by Gasteiger charge is -2.27. The Morgan fingerprint density at radius 2 is 1.82 bits per heavy atom. The van der Waals surface area contributed by atoms with E-state index in [9.17, 15) is 0 Å². The Morgan fingerprint density at radius 1 is 1.18 bits per heavy atom. The summed E-state index contributed by atoms with van der Waals surface area (Å²) in [6.45, 7) is 5.21. The van der Waals surface area contributed by atoms with Gasteiger partial charge in [-0.15, -0.1) is 0 Å². The highest BCUT2D eigenvalue weighted by Crippen LogP contribution is 2.22. The van der Waals surface area contributed by atoms with Gasteiger partial charge in [0, 0.05) is 14.2 Å². The van der Waals surface area contributed by atoms with Crippen LogP contribution in [0.2, 0.25) is 0 Å². The standard InChI is InChI=1S/C14H23NO2/c1-5-10-15-13(14(16-3)17-4)12-9-7-6-8-11(12)2/h6-9,13-15H,5,10H2,1-4H3. The lowest BCUT2D eigenvalue weighted by molar-refractivity contribution is -0.124. The summed E-state index contributed by atoms with van der Waals surface area (Å²) in [5, 5.41) is 3.48. The van der Waals surface area contributed by atoms with Gasteiger partial charge in [-0.05, 0) is 31.0 Å². The molecule has 0 aliphatic rings. The van der Waals surface area contributed by atoms with Crippen molar-refractivity contribution in [2.45, 2.75) is 32.6 Å². The summed E-state index contributed by atoms with van der Waals surface area (Å²) >= 11 is 0. The van der Waals surface area contributed by atoms with Crippen LogP contribution in [0, 0.1) is 6.92 Å². The molecule has 0 heterocycles. The maximum Gasteiger partial charge on any atom is 0.176 e. The second kappa shape index (κ2) is 7.43. The average molecular weight is 237 g/mol. The lowest BCUT2D eigenvalue weighted by Crippen LogP contribution is -2.35. The van der Waals surface area contributed by atoms with Gasteiger partial charge < -0.3 is 14.8 Å². The zero-order chi connectivity index (χ0) is 12.7. The third-order valence-corrected chi connectivity index (χ3v) is 2.87. The van der Waals surface area contributed by atoms with Crippen LogP contribution in [0.5, 0.6) is 0 Å². The van der Waals surface area contributed by atoms with Crippen molar-refractivity contribution >= 4 is 0 Å². The Balaban J connectivity index is 2.92. The van der Waals surface area contributed by atoms with Crippen molar-refractivity contribution in [3.05, 3.63) is 35.4 Å². The van der Waals surface area contributed by atoms with Gasteiger partial charge in [0.05, 0.1) is 6.04 Å². The fourth-order valence-electron chi connectivity index (χ4n) is 1.96. The molecule has 1 N–H and O–H groups in total. The first-order valence-electron chi connectivity index (χ1n) is 6.09. The molecule has 1 atom stereocenters. The third-order valence-electron chi connectivity index (χ3n) is 2.87. The molecule has 96 valence electrons. The van der Waals surface area contributed by atoms with Crippen LogP contribution in [0.25, 0.3) is 0 Å². The summed E-state index contributed by atoms with van der Waals surface area (Å²) in [5.41, 5.74) is 2.48. The summed E-state index contributed by atoms with van der Waals surface area (Å²) < 4.78 is 10.8. The Kier molecular flexibility index (Phi) is 6.19. The molecule has 1 rings (SSSR count). The van der Waals surface area contributed by atoms with Crippen molar-refractivity contribution in [1.29, 1.82) is 0 Å².